The van der Waals surface area contributed by atoms with E-state index in [0.29, 0.717) is 5.56 Å². The van der Waals surface area contributed by atoms with Crippen LogP contribution in [0, 0.1) is 12.3 Å². The van der Waals surface area contributed by atoms with Gasteiger partial charge in [-0.05, 0) is 23.6 Å². The van der Waals surface area contributed by atoms with Crippen LogP contribution in [0.4, 0.5) is 13.2 Å². The van der Waals surface area contributed by atoms with Crippen molar-refractivity contribution in [3.8, 4) is 12.3 Å². The molecule has 0 aliphatic carbocycles. The standard InChI is InChI=1S/C12H10ClF3/c1-4-8-5-9(7(2)3)11(13)6-10(8)12(14,15)16/h1,5-7H,2-3H3. The normalized spacial score (nSPS) is 11.6. The van der Waals surface area contributed by atoms with E-state index in [-0.39, 0.29) is 16.5 Å². The first-order valence-corrected chi connectivity index (χ1v) is 5.02. The fourth-order valence-corrected chi connectivity index (χ4v) is 1.77. The first-order valence-electron chi connectivity index (χ1n) is 4.64. The van der Waals surface area contributed by atoms with Crippen LogP contribution >= 0.6 is 11.6 Å². The lowest BCUT2D eigenvalue weighted by molar-refractivity contribution is -0.137. The lowest BCUT2D eigenvalue weighted by Crippen LogP contribution is -2.09. The summed E-state index contributed by atoms with van der Waals surface area (Å²) in [6.45, 7) is 3.68. The number of rotatable bonds is 1. The summed E-state index contributed by atoms with van der Waals surface area (Å²) in [5, 5.41) is 0.0984. The van der Waals surface area contributed by atoms with E-state index in [9.17, 15) is 13.2 Å². The highest BCUT2D eigenvalue weighted by Crippen LogP contribution is 2.36. The Morgan fingerprint density at radius 3 is 2.25 bits per heavy atom. The molecule has 0 bridgehead atoms. The molecule has 1 aromatic rings. The average Bonchev–Trinajstić information content (AvgIpc) is 2.15. The average molecular weight is 247 g/mol. The van der Waals surface area contributed by atoms with Crippen LogP contribution in [-0.4, -0.2) is 0 Å². The highest BCUT2D eigenvalue weighted by atomic mass is 35.5. The summed E-state index contributed by atoms with van der Waals surface area (Å²) in [4.78, 5) is 0. The van der Waals surface area contributed by atoms with Crippen molar-refractivity contribution in [2.24, 2.45) is 0 Å². The second-order valence-corrected chi connectivity index (χ2v) is 4.12. The topological polar surface area (TPSA) is 0 Å². The van der Waals surface area contributed by atoms with Crippen molar-refractivity contribution < 1.29 is 13.2 Å². The SMILES string of the molecule is C#Cc1cc(C(C)C)c(Cl)cc1C(F)(F)F. The van der Waals surface area contributed by atoms with E-state index in [2.05, 4.69) is 0 Å². The fourth-order valence-electron chi connectivity index (χ4n) is 1.39. The summed E-state index contributed by atoms with van der Waals surface area (Å²) in [7, 11) is 0. The second-order valence-electron chi connectivity index (χ2n) is 3.72. The van der Waals surface area contributed by atoms with Gasteiger partial charge in [-0.2, -0.15) is 13.2 Å². The Morgan fingerprint density at radius 1 is 1.31 bits per heavy atom. The molecule has 86 valence electrons. The minimum Gasteiger partial charge on any atom is -0.166 e. The van der Waals surface area contributed by atoms with Gasteiger partial charge in [-0.25, -0.2) is 0 Å². The van der Waals surface area contributed by atoms with E-state index in [1.165, 1.54) is 6.07 Å². The van der Waals surface area contributed by atoms with Crippen molar-refractivity contribution in [1.82, 2.24) is 0 Å². The molecule has 0 aliphatic rings. The van der Waals surface area contributed by atoms with Gasteiger partial charge in [-0.15, -0.1) is 6.42 Å². The Morgan fingerprint density at radius 2 is 1.88 bits per heavy atom. The Balaban J connectivity index is 3.46. The number of hydrogen-bond donors (Lipinski definition) is 0. The summed E-state index contributed by atoms with van der Waals surface area (Å²) in [5.41, 5.74) is -0.396. The van der Waals surface area contributed by atoms with Crippen LogP contribution < -0.4 is 0 Å². The zero-order valence-electron chi connectivity index (χ0n) is 8.82. The summed E-state index contributed by atoms with van der Waals surface area (Å²) in [6, 6.07) is 2.22. The molecule has 0 saturated heterocycles. The van der Waals surface area contributed by atoms with Crippen molar-refractivity contribution in [3.05, 3.63) is 33.8 Å². The van der Waals surface area contributed by atoms with E-state index in [4.69, 9.17) is 18.0 Å². The maximum Gasteiger partial charge on any atom is 0.417 e. The Labute approximate surface area is 97.4 Å². The number of alkyl halides is 3. The van der Waals surface area contributed by atoms with Gasteiger partial charge in [0.15, 0.2) is 0 Å². The van der Waals surface area contributed by atoms with Crippen molar-refractivity contribution in [2.45, 2.75) is 25.9 Å². The summed E-state index contributed by atoms with van der Waals surface area (Å²) in [5.74, 6) is 2.08. The smallest absolute Gasteiger partial charge is 0.166 e. The van der Waals surface area contributed by atoms with Gasteiger partial charge in [-0.1, -0.05) is 31.4 Å². The quantitative estimate of drug-likeness (QED) is 0.642. The van der Waals surface area contributed by atoms with Gasteiger partial charge in [0.1, 0.15) is 0 Å². The lowest BCUT2D eigenvalue weighted by Gasteiger charge is -2.14. The third-order valence-electron chi connectivity index (χ3n) is 2.22. The van der Waals surface area contributed by atoms with E-state index in [1.807, 2.05) is 19.8 Å². The first-order chi connectivity index (χ1) is 7.27. The van der Waals surface area contributed by atoms with Crippen molar-refractivity contribution in [1.29, 1.82) is 0 Å². The van der Waals surface area contributed by atoms with Crippen molar-refractivity contribution >= 4 is 11.6 Å². The second kappa shape index (κ2) is 4.39. The minimum atomic E-state index is -4.47. The minimum absolute atomic E-state index is 0.0295. The third kappa shape index (κ3) is 2.51. The molecule has 0 fully saturated rings. The molecule has 0 heterocycles. The zero-order valence-corrected chi connectivity index (χ0v) is 9.58. The zero-order chi connectivity index (χ0) is 12.5. The first kappa shape index (κ1) is 12.9. The summed E-state index contributed by atoms with van der Waals surface area (Å²) >= 11 is 5.79. The van der Waals surface area contributed by atoms with Gasteiger partial charge in [0.05, 0.1) is 5.56 Å². The lowest BCUT2D eigenvalue weighted by atomic mass is 9.97. The monoisotopic (exact) mass is 246 g/mol. The van der Waals surface area contributed by atoms with Crippen LogP contribution in [0.25, 0.3) is 0 Å². The summed E-state index contributed by atoms with van der Waals surface area (Å²) < 4.78 is 37.8. The van der Waals surface area contributed by atoms with Crippen molar-refractivity contribution in [2.75, 3.05) is 0 Å². The number of halogens is 4. The van der Waals surface area contributed by atoms with Crippen molar-refractivity contribution in [3.63, 3.8) is 0 Å². The Bertz CT molecular complexity index is 439. The van der Waals surface area contributed by atoms with Crippen LogP contribution in [0.1, 0.15) is 36.5 Å². The molecule has 16 heavy (non-hydrogen) atoms. The highest BCUT2D eigenvalue weighted by Gasteiger charge is 2.34. The molecule has 1 rings (SSSR count). The molecule has 0 radical (unpaired) electrons. The predicted octanol–water partition coefficient (Wildman–Crippen LogP) is 4.46. The molecule has 4 heteroatoms. The molecule has 0 spiro atoms. The molecule has 1 aromatic carbocycles. The van der Waals surface area contributed by atoms with E-state index in [1.54, 1.807) is 0 Å². The number of benzene rings is 1. The van der Waals surface area contributed by atoms with Gasteiger partial charge in [-0.3, -0.25) is 0 Å². The van der Waals surface area contributed by atoms with Gasteiger partial charge in [0, 0.05) is 10.6 Å². The molecular weight excluding hydrogens is 237 g/mol. The molecule has 0 N–H and O–H groups in total. The Hall–Kier alpha value is -1.14. The van der Waals surface area contributed by atoms with E-state index < -0.39 is 11.7 Å². The van der Waals surface area contributed by atoms with Crippen LogP contribution in [0.3, 0.4) is 0 Å². The van der Waals surface area contributed by atoms with Gasteiger partial charge < -0.3 is 0 Å². The molecule has 0 saturated carbocycles. The maximum absolute atomic E-state index is 12.6. The third-order valence-corrected chi connectivity index (χ3v) is 2.55. The summed E-state index contributed by atoms with van der Waals surface area (Å²) in [6.07, 6.45) is 0.602. The molecule has 0 amide bonds. The molecular formula is C12H10ClF3. The van der Waals surface area contributed by atoms with Gasteiger partial charge in [0.25, 0.3) is 0 Å². The fraction of sp³-hybridized carbons (Fsp3) is 0.333. The highest BCUT2D eigenvalue weighted by molar-refractivity contribution is 6.31. The molecule has 0 aromatic heterocycles. The molecule has 0 nitrogen and oxygen atoms in total. The maximum atomic E-state index is 12.6. The van der Waals surface area contributed by atoms with E-state index >= 15 is 0 Å². The van der Waals surface area contributed by atoms with Crippen LogP contribution in [0.5, 0.6) is 0 Å². The van der Waals surface area contributed by atoms with Gasteiger partial charge in [0.2, 0.25) is 0 Å². The predicted molar refractivity (Wildman–Crippen MR) is 58.5 cm³/mol. The Kier molecular flexibility index (Phi) is 3.54. The van der Waals surface area contributed by atoms with Crippen LogP contribution in [0.15, 0.2) is 12.1 Å². The number of hydrogen-bond acceptors (Lipinski definition) is 0. The molecule has 0 unspecified atom stereocenters. The van der Waals surface area contributed by atoms with Gasteiger partial charge >= 0.3 is 6.18 Å². The van der Waals surface area contributed by atoms with Crippen LogP contribution in [0.2, 0.25) is 5.02 Å². The number of terminal acetylenes is 1. The molecule has 0 atom stereocenters. The largest absolute Gasteiger partial charge is 0.417 e. The van der Waals surface area contributed by atoms with E-state index in [0.717, 1.165) is 6.07 Å². The molecule has 0 aliphatic heterocycles. The van der Waals surface area contributed by atoms with Crippen LogP contribution in [-0.2, 0) is 6.18 Å².